The summed E-state index contributed by atoms with van der Waals surface area (Å²) in [4.78, 5) is 27.1. The third kappa shape index (κ3) is 4.03. The molecule has 2 aromatic heterocycles. The van der Waals surface area contributed by atoms with Gasteiger partial charge in [0.2, 0.25) is 0 Å². The summed E-state index contributed by atoms with van der Waals surface area (Å²) < 4.78 is 0. The minimum absolute atomic E-state index is 0.204. The van der Waals surface area contributed by atoms with Crippen molar-refractivity contribution >= 4 is 11.7 Å². The van der Waals surface area contributed by atoms with Gasteiger partial charge in [-0.05, 0) is 30.9 Å². The molecule has 23 heavy (non-hydrogen) atoms. The van der Waals surface area contributed by atoms with E-state index in [0.29, 0.717) is 18.2 Å². The minimum atomic E-state index is -0.204. The molecule has 0 bridgehead atoms. The molecule has 0 saturated carbocycles. The average molecular weight is 311 g/mol. The maximum atomic E-state index is 12.3. The van der Waals surface area contributed by atoms with Crippen molar-refractivity contribution in [3.05, 3.63) is 48.2 Å². The number of aromatic nitrogens is 3. The molecule has 1 saturated heterocycles. The molecular formula is C17H21N5O. The summed E-state index contributed by atoms with van der Waals surface area (Å²) in [6, 6.07) is 7.39. The van der Waals surface area contributed by atoms with E-state index in [1.165, 1.54) is 12.7 Å². The Kier molecular flexibility index (Phi) is 4.80. The van der Waals surface area contributed by atoms with Crippen LogP contribution >= 0.6 is 0 Å². The number of nitrogens with one attached hydrogen (secondary N) is 1. The normalized spacial score (nSPS) is 17.8. The van der Waals surface area contributed by atoms with E-state index in [1.54, 1.807) is 12.3 Å². The van der Waals surface area contributed by atoms with Gasteiger partial charge >= 0.3 is 0 Å². The van der Waals surface area contributed by atoms with Gasteiger partial charge < -0.3 is 10.2 Å². The fourth-order valence-electron chi connectivity index (χ4n) is 2.81. The van der Waals surface area contributed by atoms with E-state index >= 15 is 0 Å². The molecule has 3 heterocycles. The number of piperidine rings is 1. The summed E-state index contributed by atoms with van der Waals surface area (Å²) in [6.45, 7) is 4.59. The molecule has 120 valence electrons. The van der Waals surface area contributed by atoms with Gasteiger partial charge in [0.05, 0.1) is 12.2 Å². The van der Waals surface area contributed by atoms with Gasteiger partial charge in [-0.25, -0.2) is 9.97 Å². The number of anilines is 1. The predicted octanol–water partition coefficient (Wildman–Crippen LogP) is 2.04. The lowest BCUT2D eigenvalue weighted by molar-refractivity contribution is 0.0945. The van der Waals surface area contributed by atoms with E-state index in [1.807, 2.05) is 18.2 Å². The lowest BCUT2D eigenvalue weighted by Crippen LogP contribution is -2.35. The van der Waals surface area contributed by atoms with Crippen molar-refractivity contribution < 1.29 is 4.79 Å². The zero-order chi connectivity index (χ0) is 16.1. The van der Waals surface area contributed by atoms with Crippen LogP contribution in [0.1, 0.15) is 35.9 Å². The van der Waals surface area contributed by atoms with Gasteiger partial charge in [0, 0.05) is 25.4 Å². The van der Waals surface area contributed by atoms with Crippen molar-refractivity contribution in [2.24, 2.45) is 5.92 Å². The van der Waals surface area contributed by atoms with Crippen molar-refractivity contribution in [1.29, 1.82) is 0 Å². The number of hydrogen-bond acceptors (Lipinski definition) is 5. The standard InChI is InChI=1S/C17H21N5O/c1-13-5-4-8-22(11-13)16-9-15(20-12-21-16)17(23)19-10-14-6-2-3-7-18-14/h2-3,6-7,9,12-13H,4-5,8,10-11H2,1H3,(H,19,23). The first-order valence-corrected chi connectivity index (χ1v) is 7.97. The summed E-state index contributed by atoms with van der Waals surface area (Å²) in [6.07, 6.45) is 5.58. The van der Waals surface area contributed by atoms with E-state index in [-0.39, 0.29) is 5.91 Å². The Morgan fingerprint density at radius 3 is 3.04 bits per heavy atom. The zero-order valence-electron chi connectivity index (χ0n) is 13.3. The number of nitrogens with zero attached hydrogens (tertiary/aromatic N) is 4. The Morgan fingerprint density at radius 2 is 2.26 bits per heavy atom. The van der Waals surface area contributed by atoms with Crippen molar-refractivity contribution in [2.45, 2.75) is 26.3 Å². The lowest BCUT2D eigenvalue weighted by atomic mass is 10.0. The second kappa shape index (κ2) is 7.17. The summed E-state index contributed by atoms with van der Waals surface area (Å²) in [5.74, 6) is 1.28. The maximum Gasteiger partial charge on any atom is 0.270 e. The SMILES string of the molecule is CC1CCCN(c2cc(C(=O)NCc3ccccn3)ncn2)C1. The Labute approximate surface area is 136 Å². The number of amides is 1. The number of hydrogen-bond donors (Lipinski definition) is 1. The number of carbonyl (C=O) groups excluding carboxylic acids is 1. The van der Waals surface area contributed by atoms with Crippen LogP contribution in [-0.4, -0.2) is 33.9 Å². The monoisotopic (exact) mass is 311 g/mol. The highest BCUT2D eigenvalue weighted by Crippen LogP contribution is 2.21. The molecule has 6 nitrogen and oxygen atoms in total. The van der Waals surface area contributed by atoms with Crippen molar-refractivity contribution in [3.63, 3.8) is 0 Å². The summed E-state index contributed by atoms with van der Waals surface area (Å²) in [5, 5.41) is 2.84. The largest absolute Gasteiger partial charge is 0.356 e. The first-order valence-electron chi connectivity index (χ1n) is 7.97. The third-order valence-electron chi connectivity index (χ3n) is 4.02. The van der Waals surface area contributed by atoms with Crippen LogP contribution in [0.3, 0.4) is 0 Å². The van der Waals surface area contributed by atoms with E-state index in [9.17, 15) is 4.79 Å². The van der Waals surface area contributed by atoms with Crippen molar-refractivity contribution in [1.82, 2.24) is 20.3 Å². The third-order valence-corrected chi connectivity index (χ3v) is 4.02. The molecule has 0 aliphatic carbocycles. The van der Waals surface area contributed by atoms with Crippen LogP contribution < -0.4 is 10.2 Å². The van der Waals surface area contributed by atoms with Crippen molar-refractivity contribution in [2.75, 3.05) is 18.0 Å². The van der Waals surface area contributed by atoms with Crippen LogP contribution in [0.2, 0.25) is 0 Å². The highest BCUT2D eigenvalue weighted by atomic mass is 16.1. The maximum absolute atomic E-state index is 12.3. The number of rotatable bonds is 4. The molecule has 1 aliphatic rings. The molecule has 0 aromatic carbocycles. The molecular weight excluding hydrogens is 290 g/mol. The molecule has 1 N–H and O–H groups in total. The second-order valence-corrected chi connectivity index (χ2v) is 5.96. The van der Waals surface area contributed by atoms with Crippen LogP contribution in [0.25, 0.3) is 0 Å². The topological polar surface area (TPSA) is 71.0 Å². The average Bonchev–Trinajstić information content (AvgIpc) is 2.61. The Balaban J connectivity index is 1.65. The molecule has 1 atom stereocenters. The van der Waals surface area contributed by atoms with E-state index in [4.69, 9.17) is 0 Å². The summed E-state index contributed by atoms with van der Waals surface area (Å²) in [5.41, 5.74) is 1.21. The van der Waals surface area contributed by atoms with Gasteiger partial charge in [-0.2, -0.15) is 0 Å². The number of carbonyl (C=O) groups is 1. The minimum Gasteiger partial charge on any atom is -0.356 e. The van der Waals surface area contributed by atoms with E-state index < -0.39 is 0 Å². The first-order chi connectivity index (χ1) is 11.2. The highest BCUT2D eigenvalue weighted by molar-refractivity contribution is 5.92. The van der Waals surface area contributed by atoms with Crippen LogP contribution in [0, 0.1) is 5.92 Å². The van der Waals surface area contributed by atoms with E-state index in [2.05, 4.69) is 32.1 Å². The van der Waals surface area contributed by atoms with Gasteiger partial charge in [0.25, 0.3) is 5.91 Å². The fraction of sp³-hybridized carbons (Fsp3) is 0.412. The molecule has 1 amide bonds. The van der Waals surface area contributed by atoms with Crippen LogP contribution in [0.5, 0.6) is 0 Å². The van der Waals surface area contributed by atoms with Gasteiger partial charge in [-0.1, -0.05) is 13.0 Å². The van der Waals surface area contributed by atoms with Gasteiger partial charge in [-0.3, -0.25) is 9.78 Å². The molecule has 0 radical (unpaired) electrons. The van der Waals surface area contributed by atoms with Crippen LogP contribution in [0.4, 0.5) is 5.82 Å². The van der Waals surface area contributed by atoms with E-state index in [0.717, 1.165) is 31.0 Å². The van der Waals surface area contributed by atoms with Gasteiger partial charge in [0.15, 0.2) is 0 Å². The Bertz CT molecular complexity index is 661. The number of pyridine rings is 1. The van der Waals surface area contributed by atoms with Crippen LogP contribution in [0.15, 0.2) is 36.8 Å². The molecule has 1 unspecified atom stereocenters. The predicted molar refractivity (Wildman–Crippen MR) is 88.1 cm³/mol. The Hall–Kier alpha value is -2.50. The van der Waals surface area contributed by atoms with Crippen LogP contribution in [-0.2, 0) is 6.54 Å². The molecule has 3 rings (SSSR count). The fourth-order valence-corrected chi connectivity index (χ4v) is 2.81. The van der Waals surface area contributed by atoms with Gasteiger partial charge in [-0.15, -0.1) is 0 Å². The van der Waals surface area contributed by atoms with Crippen molar-refractivity contribution in [3.8, 4) is 0 Å². The zero-order valence-corrected chi connectivity index (χ0v) is 13.3. The molecule has 6 heteroatoms. The molecule has 2 aromatic rings. The van der Waals surface area contributed by atoms with Gasteiger partial charge in [0.1, 0.15) is 17.8 Å². The smallest absolute Gasteiger partial charge is 0.270 e. The lowest BCUT2D eigenvalue weighted by Gasteiger charge is -2.31. The molecule has 1 aliphatic heterocycles. The molecule has 1 fully saturated rings. The quantitative estimate of drug-likeness (QED) is 0.935. The summed E-state index contributed by atoms with van der Waals surface area (Å²) >= 11 is 0. The highest BCUT2D eigenvalue weighted by Gasteiger charge is 2.19. The Morgan fingerprint density at radius 1 is 1.35 bits per heavy atom. The molecule has 0 spiro atoms. The second-order valence-electron chi connectivity index (χ2n) is 5.96. The first kappa shape index (κ1) is 15.4. The summed E-state index contributed by atoms with van der Waals surface area (Å²) in [7, 11) is 0.